The fourth-order valence-electron chi connectivity index (χ4n) is 3.20. The zero-order valence-electron chi connectivity index (χ0n) is 15.4. The van der Waals surface area contributed by atoms with E-state index in [1.807, 2.05) is 30.3 Å². The summed E-state index contributed by atoms with van der Waals surface area (Å²) in [5.74, 6) is 0. The van der Waals surface area contributed by atoms with E-state index in [2.05, 4.69) is 20.7 Å². The highest BCUT2D eigenvalue weighted by atomic mass is 35.5. The van der Waals surface area contributed by atoms with Gasteiger partial charge in [0.05, 0.1) is 11.9 Å². The van der Waals surface area contributed by atoms with Crippen molar-refractivity contribution in [2.75, 3.05) is 18.4 Å². The topological polar surface area (TPSA) is 54.2 Å². The Bertz CT molecular complexity index is 942. The van der Waals surface area contributed by atoms with E-state index in [0.29, 0.717) is 22.5 Å². The van der Waals surface area contributed by atoms with Crippen LogP contribution in [-0.2, 0) is 12.7 Å². The minimum atomic E-state index is -4.51. The molecule has 0 bridgehead atoms. The molecule has 0 aliphatic carbocycles. The van der Waals surface area contributed by atoms with Crippen LogP contribution >= 0.6 is 24.2 Å². The third-order valence-corrected chi connectivity index (χ3v) is 5.88. The summed E-state index contributed by atoms with van der Waals surface area (Å²) >= 11 is 1.53. The Morgan fingerprint density at radius 3 is 2.59 bits per heavy atom. The first kappa shape index (κ1) is 21.7. The Labute approximate surface area is 176 Å². The minimum Gasteiger partial charge on any atom is -0.378 e. The fraction of sp³-hybridized carbons (Fsp3) is 0.368. The van der Waals surface area contributed by atoms with Crippen LogP contribution in [0.4, 0.5) is 18.9 Å². The number of fused-ring (bicyclic) bond motifs is 1. The van der Waals surface area contributed by atoms with E-state index >= 15 is 0 Å². The lowest BCUT2D eigenvalue weighted by molar-refractivity contribution is -0.142. The number of halogens is 4. The predicted octanol–water partition coefficient (Wildman–Crippen LogP) is 4.63. The standard InChI is InChI=1S/C19H20F3N5S.ClH/c20-19(21,22)16-12-25-18-15(24-11-13-4-2-1-3-5-13)10-17(26-27(16)18)28-14-6-8-23-9-7-14;/h1-5,10,12,14,23-24H,6-9,11H2;1H. The first-order valence-corrected chi connectivity index (χ1v) is 10.00. The largest absolute Gasteiger partial charge is 0.435 e. The third kappa shape index (κ3) is 5.15. The fourth-order valence-corrected chi connectivity index (χ4v) is 4.33. The lowest BCUT2D eigenvalue weighted by atomic mass is 10.2. The van der Waals surface area contributed by atoms with Gasteiger partial charge in [-0.05, 0) is 37.6 Å². The van der Waals surface area contributed by atoms with Gasteiger partial charge in [-0.1, -0.05) is 30.3 Å². The molecule has 2 aromatic heterocycles. The predicted molar refractivity (Wildman–Crippen MR) is 111 cm³/mol. The third-order valence-electron chi connectivity index (χ3n) is 4.64. The number of hydrogen-bond donors (Lipinski definition) is 2. The van der Waals surface area contributed by atoms with Crippen molar-refractivity contribution in [3.8, 4) is 0 Å². The molecular formula is C19H21ClF3N5S. The maximum atomic E-state index is 13.4. The van der Waals surface area contributed by atoms with Crippen LogP contribution in [0.3, 0.4) is 0 Å². The number of rotatable bonds is 5. The maximum Gasteiger partial charge on any atom is 0.435 e. The number of aromatic nitrogens is 3. The number of imidazole rings is 1. The molecule has 4 rings (SSSR count). The second-order valence-corrected chi connectivity index (χ2v) is 8.00. The molecule has 1 saturated heterocycles. The van der Waals surface area contributed by atoms with Crippen LogP contribution in [0.25, 0.3) is 5.65 Å². The molecule has 3 heterocycles. The van der Waals surface area contributed by atoms with Gasteiger partial charge < -0.3 is 10.6 Å². The summed E-state index contributed by atoms with van der Waals surface area (Å²) in [6.07, 6.45) is -1.74. The molecule has 1 aliphatic rings. The summed E-state index contributed by atoms with van der Waals surface area (Å²) in [5.41, 5.74) is 0.898. The van der Waals surface area contributed by atoms with Crippen molar-refractivity contribution in [3.05, 3.63) is 53.9 Å². The van der Waals surface area contributed by atoms with E-state index in [1.165, 1.54) is 11.8 Å². The van der Waals surface area contributed by atoms with Gasteiger partial charge in [0.2, 0.25) is 0 Å². The highest BCUT2D eigenvalue weighted by Gasteiger charge is 2.36. The zero-order valence-corrected chi connectivity index (χ0v) is 17.1. The maximum absolute atomic E-state index is 13.4. The molecule has 0 radical (unpaired) electrons. The SMILES string of the molecule is Cl.FC(F)(F)c1cnc2c(NCc3ccccc3)cc(SC3CCNCC3)nn12. The summed E-state index contributed by atoms with van der Waals surface area (Å²) < 4.78 is 41.1. The molecule has 1 aromatic carbocycles. The van der Waals surface area contributed by atoms with Gasteiger partial charge >= 0.3 is 6.18 Å². The zero-order chi connectivity index (χ0) is 19.6. The lowest BCUT2D eigenvalue weighted by Crippen LogP contribution is -2.29. The first-order chi connectivity index (χ1) is 13.5. The molecule has 1 fully saturated rings. The summed E-state index contributed by atoms with van der Waals surface area (Å²) in [7, 11) is 0. The summed E-state index contributed by atoms with van der Waals surface area (Å²) in [4.78, 5) is 3.98. The van der Waals surface area contributed by atoms with E-state index in [1.54, 1.807) is 6.07 Å². The van der Waals surface area contributed by atoms with Gasteiger partial charge in [0.25, 0.3) is 0 Å². The molecule has 10 heteroatoms. The van der Waals surface area contributed by atoms with Crippen LogP contribution in [0, 0.1) is 0 Å². The number of alkyl halides is 3. The molecule has 0 saturated carbocycles. The number of nitrogens with one attached hydrogen (secondary N) is 2. The van der Waals surface area contributed by atoms with Crippen molar-refractivity contribution in [2.24, 2.45) is 0 Å². The number of hydrogen-bond acceptors (Lipinski definition) is 5. The molecular weight excluding hydrogens is 423 g/mol. The summed E-state index contributed by atoms with van der Waals surface area (Å²) in [6, 6.07) is 11.5. The van der Waals surface area contributed by atoms with Crippen LogP contribution in [0.5, 0.6) is 0 Å². The van der Waals surface area contributed by atoms with Gasteiger partial charge in [0, 0.05) is 11.8 Å². The molecule has 0 amide bonds. The van der Waals surface area contributed by atoms with Crippen molar-refractivity contribution >= 4 is 35.5 Å². The van der Waals surface area contributed by atoms with Crippen LogP contribution in [0.1, 0.15) is 24.1 Å². The smallest absolute Gasteiger partial charge is 0.378 e. The van der Waals surface area contributed by atoms with E-state index < -0.39 is 11.9 Å². The Hall–Kier alpha value is -1.97. The van der Waals surface area contributed by atoms with Crippen molar-refractivity contribution in [3.63, 3.8) is 0 Å². The molecule has 0 atom stereocenters. The van der Waals surface area contributed by atoms with Crippen LogP contribution in [0.2, 0.25) is 0 Å². The highest BCUT2D eigenvalue weighted by molar-refractivity contribution is 7.99. The Kier molecular flexibility index (Phi) is 6.92. The number of thioether (sulfide) groups is 1. The van der Waals surface area contributed by atoms with Crippen LogP contribution in [0.15, 0.2) is 47.6 Å². The number of benzene rings is 1. The van der Waals surface area contributed by atoms with Gasteiger partial charge in [-0.2, -0.15) is 18.3 Å². The second kappa shape index (κ2) is 9.23. The van der Waals surface area contributed by atoms with Crippen molar-refractivity contribution in [2.45, 2.75) is 35.8 Å². The van der Waals surface area contributed by atoms with E-state index in [9.17, 15) is 13.2 Å². The van der Waals surface area contributed by atoms with Crippen molar-refractivity contribution < 1.29 is 13.2 Å². The lowest BCUT2D eigenvalue weighted by Gasteiger charge is -2.22. The van der Waals surface area contributed by atoms with Crippen molar-refractivity contribution in [1.29, 1.82) is 0 Å². The number of piperidine rings is 1. The van der Waals surface area contributed by atoms with Gasteiger partial charge in [-0.3, -0.25) is 0 Å². The van der Waals surface area contributed by atoms with Gasteiger partial charge in [-0.25, -0.2) is 9.50 Å². The average Bonchev–Trinajstić information content (AvgIpc) is 3.12. The minimum absolute atomic E-state index is 0. The summed E-state index contributed by atoms with van der Waals surface area (Å²) in [6.45, 7) is 2.32. The molecule has 2 N–H and O–H groups in total. The van der Waals surface area contributed by atoms with E-state index in [4.69, 9.17) is 0 Å². The molecule has 3 aromatic rings. The van der Waals surface area contributed by atoms with Crippen LogP contribution in [-0.4, -0.2) is 32.9 Å². The quantitative estimate of drug-likeness (QED) is 0.602. The summed E-state index contributed by atoms with van der Waals surface area (Å²) in [5, 5.41) is 11.7. The first-order valence-electron chi connectivity index (χ1n) is 9.12. The monoisotopic (exact) mass is 443 g/mol. The molecule has 0 unspecified atom stereocenters. The highest BCUT2D eigenvalue weighted by Crippen LogP contribution is 2.34. The second-order valence-electron chi connectivity index (χ2n) is 6.68. The van der Waals surface area contributed by atoms with Crippen LogP contribution < -0.4 is 10.6 Å². The molecule has 29 heavy (non-hydrogen) atoms. The van der Waals surface area contributed by atoms with Crippen molar-refractivity contribution in [1.82, 2.24) is 19.9 Å². The Morgan fingerprint density at radius 1 is 1.17 bits per heavy atom. The van der Waals surface area contributed by atoms with Gasteiger partial charge in [0.1, 0.15) is 5.03 Å². The Balaban J connectivity index is 0.00000240. The molecule has 0 spiro atoms. The normalized spacial score (nSPS) is 15.3. The molecule has 1 aliphatic heterocycles. The molecule has 5 nitrogen and oxygen atoms in total. The number of nitrogens with zero attached hydrogens (tertiary/aromatic N) is 3. The van der Waals surface area contributed by atoms with E-state index in [0.717, 1.165) is 42.2 Å². The number of anilines is 1. The van der Waals surface area contributed by atoms with Gasteiger partial charge in [0.15, 0.2) is 11.3 Å². The Morgan fingerprint density at radius 2 is 1.90 bits per heavy atom. The van der Waals surface area contributed by atoms with Gasteiger partial charge in [-0.15, -0.1) is 24.2 Å². The molecule has 156 valence electrons. The average molecular weight is 444 g/mol. The van der Waals surface area contributed by atoms with E-state index in [-0.39, 0.29) is 18.1 Å².